The van der Waals surface area contributed by atoms with E-state index in [-0.39, 0.29) is 13.0 Å². The molecular formula is C25H27NO4. The lowest BCUT2D eigenvalue weighted by atomic mass is 9.91. The van der Waals surface area contributed by atoms with Crippen LogP contribution in [0.5, 0.6) is 5.75 Å². The van der Waals surface area contributed by atoms with Crippen LogP contribution < -0.4 is 10.5 Å². The molecule has 0 saturated heterocycles. The van der Waals surface area contributed by atoms with E-state index < -0.39 is 11.6 Å². The van der Waals surface area contributed by atoms with Crippen LogP contribution in [0.1, 0.15) is 36.1 Å². The van der Waals surface area contributed by atoms with Crippen molar-refractivity contribution in [2.75, 3.05) is 0 Å². The largest absolute Gasteiger partial charge is 0.489 e. The molecular weight excluding hydrogens is 378 g/mol. The summed E-state index contributed by atoms with van der Waals surface area (Å²) in [6.45, 7) is 4.20. The minimum absolute atomic E-state index is 0.100. The molecule has 3 aromatic carbocycles. The number of nitrogens with two attached hydrogens (primary N) is 1. The van der Waals surface area contributed by atoms with Crippen LogP contribution in [0.2, 0.25) is 0 Å². The van der Waals surface area contributed by atoms with E-state index in [0.717, 1.165) is 27.8 Å². The molecule has 5 heteroatoms. The Labute approximate surface area is 176 Å². The van der Waals surface area contributed by atoms with E-state index in [4.69, 9.17) is 15.6 Å². The molecule has 0 aliphatic rings. The van der Waals surface area contributed by atoms with E-state index in [0.29, 0.717) is 17.9 Å². The van der Waals surface area contributed by atoms with Crippen molar-refractivity contribution >= 4 is 5.97 Å². The molecule has 0 bridgehead atoms. The molecule has 0 unspecified atom stereocenters. The number of hydrogen-bond acceptors (Lipinski definition) is 4. The minimum Gasteiger partial charge on any atom is -0.489 e. The maximum Gasteiger partial charge on any atom is 0.307 e. The third-order valence-corrected chi connectivity index (χ3v) is 4.90. The Kier molecular flexibility index (Phi) is 6.55. The second-order valence-corrected chi connectivity index (χ2v) is 7.85. The van der Waals surface area contributed by atoms with Gasteiger partial charge in [-0.2, -0.15) is 0 Å². The lowest BCUT2D eigenvalue weighted by Gasteiger charge is -2.21. The van der Waals surface area contributed by atoms with Gasteiger partial charge in [-0.1, -0.05) is 36.4 Å². The highest BCUT2D eigenvalue weighted by atomic mass is 16.5. The van der Waals surface area contributed by atoms with Crippen LogP contribution in [0.25, 0.3) is 11.1 Å². The first-order valence-electron chi connectivity index (χ1n) is 9.85. The number of para-hydroxylation sites is 1. The van der Waals surface area contributed by atoms with E-state index in [9.17, 15) is 9.90 Å². The normalized spacial score (nSPS) is 11.3. The average molecular weight is 405 g/mol. The lowest BCUT2D eigenvalue weighted by Crippen LogP contribution is -2.16. The Morgan fingerprint density at radius 1 is 0.967 bits per heavy atom. The van der Waals surface area contributed by atoms with Gasteiger partial charge in [-0.05, 0) is 72.0 Å². The average Bonchev–Trinajstić information content (AvgIpc) is 2.72. The molecule has 0 aliphatic heterocycles. The smallest absolute Gasteiger partial charge is 0.307 e. The van der Waals surface area contributed by atoms with E-state index in [2.05, 4.69) is 0 Å². The zero-order chi connectivity index (χ0) is 21.7. The van der Waals surface area contributed by atoms with Gasteiger partial charge in [-0.3, -0.25) is 4.79 Å². The van der Waals surface area contributed by atoms with Gasteiger partial charge in [0.2, 0.25) is 0 Å². The fourth-order valence-corrected chi connectivity index (χ4v) is 3.29. The van der Waals surface area contributed by atoms with Gasteiger partial charge in [-0.15, -0.1) is 0 Å². The van der Waals surface area contributed by atoms with Crippen molar-refractivity contribution in [2.45, 2.75) is 39.0 Å². The summed E-state index contributed by atoms with van der Waals surface area (Å²) < 4.78 is 5.96. The molecule has 0 aromatic heterocycles. The van der Waals surface area contributed by atoms with E-state index >= 15 is 0 Å². The fourth-order valence-electron chi connectivity index (χ4n) is 3.29. The quantitative estimate of drug-likeness (QED) is 0.521. The first-order valence-corrected chi connectivity index (χ1v) is 9.85. The molecule has 3 aromatic rings. The Bertz CT molecular complexity index is 1040. The number of hydrogen-bond donors (Lipinski definition) is 3. The zero-order valence-corrected chi connectivity index (χ0v) is 17.3. The first kappa shape index (κ1) is 21.6. The third kappa shape index (κ3) is 5.47. The Morgan fingerprint density at radius 2 is 1.70 bits per heavy atom. The number of carboxylic acids is 1. The van der Waals surface area contributed by atoms with Crippen LogP contribution in [0, 0.1) is 0 Å². The maximum absolute atomic E-state index is 11.1. The Hall–Kier alpha value is -3.15. The Morgan fingerprint density at radius 3 is 2.40 bits per heavy atom. The summed E-state index contributed by atoms with van der Waals surface area (Å²) in [4.78, 5) is 11.1. The van der Waals surface area contributed by atoms with Crippen molar-refractivity contribution < 1.29 is 19.7 Å². The van der Waals surface area contributed by atoms with E-state index in [1.54, 1.807) is 32.0 Å². The van der Waals surface area contributed by atoms with Gasteiger partial charge in [-0.25, -0.2) is 0 Å². The number of aliphatic carboxylic acids is 1. The van der Waals surface area contributed by atoms with Crippen LogP contribution in [0.15, 0.2) is 66.7 Å². The van der Waals surface area contributed by atoms with Gasteiger partial charge in [0.05, 0.1) is 12.0 Å². The second-order valence-electron chi connectivity index (χ2n) is 7.85. The summed E-state index contributed by atoms with van der Waals surface area (Å²) in [7, 11) is 0. The SMILES string of the molecule is CC(C)(O)c1cc(COc2ccccc2CC(=O)O)cc(-c2cccc(CN)c2)c1. The molecule has 3 rings (SSSR count). The van der Waals surface area contributed by atoms with Crippen molar-refractivity contribution in [3.05, 3.63) is 89.0 Å². The molecule has 5 nitrogen and oxygen atoms in total. The number of benzene rings is 3. The van der Waals surface area contributed by atoms with E-state index in [1.807, 2.05) is 48.5 Å². The molecule has 0 spiro atoms. The molecule has 0 saturated carbocycles. The molecule has 0 aliphatic carbocycles. The van der Waals surface area contributed by atoms with Gasteiger partial charge in [0.15, 0.2) is 0 Å². The standard InChI is InChI=1S/C25H27NO4/c1-25(2,29)22-12-18(11-21(13-22)19-8-5-6-17(10-19)15-26)16-30-23-9-4-3-7-20(23)14-24(27)28/h3-13,29H,14-16,26H2,1-2H3,(H,27,28). The lowest BCUT2D eigenvalue weighted by molar-refractivity contribution is -0.136. The zero-order valence-electron chi connectivity index (χ0n) is 17.3. The monoisotopic (exact) mass is 405 g/mol. The highest BCUT2D eigenvalue weighted by molar-refractivity contribution is 5.71. The summed E-state index contributed by atoms with van der Waals surface area (Å²) in [5.41, 5.74) is 10.0. The fraction of sp³-hybridized carbons (Fsp3) is 0.240. The van der Waals surface area contributed by atoms with Crippen LogP contribution in [0.4, 0.5) is 0 Å². The predicted octanol–water partition coefficient (Wildman–Crippen LogP) is 4.25. The highest BCUT2D eigenvalue weighted by Gasteiger charge is 2.18. The molecule has 0 amide bonds. The van der Waals surface area contributed by atoms with Crippen LogP contribution in [-0.4, -0.2) is 16.2 Å². The van der Waals surface area contributed by atoms with Gasteiger partial charge in [0.1, 0.15) is 12.4 Å². The summed E-state index contributed by atoms with van der Waals surface area (Å²) in [6.07, 6.45) is -0.100. The first-order chi connectivity index (χ1) is 14.3. The van der Waals surface area contributed by atoms with Crippen molar-refractivity contribution in [2.24, 2.45) is 5.73 Å². The van der Waals surface area contributed by atoms with Crippen molar-refractivity contribution in [1.82, 2.24) is 0 Å². The highest BCUT2D eigenvalue weighted by Crippen LogP contribution is 2.30. The van der Waals surface area contributed by atoms with Gasteiger partial charge < -0.3 is 20.7 Å². The summed E-state index contributed by atoms with van der Waals surface area (Å²) in [5, 5.41) is 19.7. The summed E-state index contributed by atoms with van der Waals surface area (Å²) >= 11 is 0. The molecule has 0 heterocycles. The van der Waals surface area contributed by atoms with Crippen molar-refractivity contribution in [3.63, 3.8) is 0 Å². The van der Waals surface area contributed by atoms with Crippen molar-refractivity contribution in [1.29, 1.82) is 0 Å². The second kappa shape index (κ2) is 9.11. The molecule has 0 fully saturated rings. The number of carboxylic acid groups (broad SMARTS) is 1. The van der Waals surface area contributed by atoms with Crippen LogP contribution in [0.3, 0.4) is 0 Å². The van der Waals surface area contributed by atoms with Crippen LogP contribution in [-0.2, 0) is 30.0 Å². The molecule has 30 heavy (non-hydrogen) atoms. The van der Waals surface area contributed by atoms with Gasteiger partial charge in [0, 0.05) is 12.1 Å². The minimum atomic E-state index is -1.02. The topological polar surface area (TPSA) is 92.8 Å². The van der Waals surface area contributed by atoms with Crippen molar-refractivity contribution in [3.8, 4) is 16.9 Å². The van der Waals surface area contributed by atoms with Crippen LogP contribution >= 0.6 is 0 Å². The molecule has 0 radical (unpaired) electrons. The number of aliphatic hydroxyl groups is 1. The maximum atomic E-state index is 11.1. The van der Waals surface area contributed by atoms with Gasteiger partial charge in [0.25, 0.3) is 0 Å². The number of rotatable bonds is 8. The number of carbonyl (C=O) groups is 1. The molecule has 4 N–H and O–H groups in total. The van der Waals surface area contributed by atoms with E-state index in [1.165, 1.54) is 0 Å². The predicted molar refractivity (Wildman–Crippen MR) is 117 cm³/mol. The Balaban J connectivity index is 1.94. The molecule has 0 atom stereocenters. The van der Waals surface area contributed by atoms with Gasteiger partial charge >= 0.3 is 5.97 Å². The molecule has 156 valence electrons. The summed E-state index contributed by atoms with van der Waals surface area (Å²) in [6, 6.07) is 21.0. The number of ether oxygens (including phenoxy) is 1. The summed E-state index contributed by atoms with van der Waals surface area (Å²) in [5.74, 6) is -0.364. The third-order valence-electron chi connectivity index (χ3n) is 4.90.